The summed E-state index contributed by atoms with van der Waals surface area (Å²) in [6, 6.07) is 3.74. The van der Waals surface area contributed by atoms with E-state index in [1.54, 1.807) is 11.8 Å². The molecule has 1 N–H and O–H groups in total. The summed E-state index contributed by atoms with van der Waals surface area (Å²) in [5, 5.41) is 9.37. The van der Waals surface area contributed by atoms with Crippen molar-refractivity contribution in [3.63, 3.8) is 0 Å². The van der Waals surface area contributed by atoms with Crippen LogP contribution in [-0.2, 0) is 4.74 Å². The van der Waals surface area contributed by atoms with Crippen molar-refractivity contribution in [1.29, 1.82) is 0 Å². The molecule has 0 radical (unpaired) electrons. The molecule has 0 atom stereocenters. The standard InChI is InChI=1S/C19H25NO4/c1-12-10-15(14(3)23-9-7-6-8-21)18-16(11-12)17(22)13(2)19(24-18)20(4)5/h10-11,21H,3,6-9H2,1-2,4-5H3. The maximum absolute atomic E-state index is 12.7. The molecule has 0 aliphatic heterocycles. The highest BCUT2D eigenvalue weighted by molar-refractivity contribution is 5.89. The Balaban J connectivity index is 2.53. The molecule has 0 amide bonds. The highest BCUT2D eigenvalue weighted by atomic mass is 16.5. The summed E-state index contributed by atoms with van der Waals surface area (Å²) in [6.45, 7) is 8.28. The number of aryl methyl sites for hydroxylation is 1. The van der Waals surface area contributed by atoms with Gasteiger partial charge in [-0.1, -0.05) is 6.58 Å². The van der Waals surface area contributed by atoms with Gasteiger partial charge in [0, 0.05) is 20.7 Å². The summed E-state index contributed by atoms with van der Waals surface area (Å²) in [4.78, 5) is 14.5. The van der Waals surface area contributed by atoms with Crippen LogP contribution in [0.3, 0.4) is 0 Å². The second-order valence-corrected chi connectivity index (χ2v) is 6.15. The van der Waals surface area contributed by atoms with Crippen LogP contribution < -0.4 is 10.3 Å². The van der Waals surface area contributed by atoms with Gasteiger partial charge in [-0.25, -0.2) is 0 Å². The molecule has 1 heterocycles. The zero-order chi connectivity index (χ0) is 17.9. The first-order chi connectivity index (χ1) is 11.4. The molecule has 0 fully saturated rings. The Hall–Kier alpha value is -2.27. The minimum atomic E-state index is -0.0435. The molecular weight excluding hydrogens is 306 g/mol. The van der Waals surface area contributed by atoms with Crippen LogP contribution in [0.15, 0.2) is 27.9 Å². The fraction of sp³-hybridized carbons (Fsp3) is 0.421. The largest absolute Gasteiger partial charge is 0.493 e. The number of aliphatic hydroxyl groups excluding tert-OH is 1. The fourth-order valence-electron chi connectivity index (χ4n) is 2.64. The molecule has 5 nitrogen and oxygen atoms in total. The van der Waals surface area contributed by atoms with Crippen molar-refractivity contribution in [2.75, 3.05) is 32.2 Å². The Bertz CT molecular complexity index is 805. The van der Waals surface area contributed by atoms with Gasteiger partial charge in [-0.2, -0.15) is 0 Å². The van der Waals surface area contributed by atoms with Gasteiger partial charge in [-0.15, -0.1) is 0 Å². The number of nitrogens with zero attached hydrogens (tertiary/aromatic N) is 1. The Morgan fingerprint density at radius 2 is 2.00 bits per heavy atom. The zero-order valence-electron chi connectivity index (χ0n) is 14.8. The van der Waals surface area contributed by atoms with Gasteiger partial charge >= 0.3 is 0 Å². The van der Waals surface area contributed by atoms with E-state index in [0.29, 0.717) is 46.8 Å². The van der Waals surface area contributed by atoms with E-state index in [2.05, 4.69) is 6.58 Å². The Morgan fingerprint density at radius 1 is 1.29 bits per heavy atom. The van der Waals surface area contributed by atoms with Gasteiger partial charge in [0.15, 0.2) is 11.0 Å². The number of ether oxygens (including phenoxy) is 1. The molecule has 0 aliphatic rings. The van der Waals surface area contributed by atoms with Gasteiger partial charge in [0.2, 0.25) is 5.88 Å². The van der Waals surface area contributed by atoms with Crippen molar-refractivity contribution in [1.82, 2.24) is 0 Å². The van der Waals surface area contributed by atoms with E-state index in [1.807, 2.05) is 33.2 Å². The smallest absolute Gasteiger partial charge is 0.202 e. The van der Waals surface area contributed by atoms with Crippen LogP contribution in [0.2, 0.25) is 0 Å². The highest BCUT2D eigenvalue weighted by Gasteiger charge is 2.17. The number of hydrogen-bond acceptors (Lipinski definition) is 5. The quantitative estimate of drug-likeness (QED) is 0.623. The van der Waals surface area contributed by atoms with Gasteiger partial charge in [0.05, 0.1) is 23.1 Å². The van der Waals surface area contributed by atoms with Crippen LogP contribution >= 0.6 is 0 Å². The van der Waals surface area contributed by atoms with Crippen LogP contribution in [-0.4, -0.2) is 32.4 Å². The summed E-state index contributed by atoms with van der Waals surface area (Å²) >= 11 is 0. The van der Waals surface area contributed by atoms with Crippen molar-refractivity contribution >= 4 is 22.6 Å². The molecule has 24 heavy (non-hydrogen) atoms. The number of anilines is 1. The van der Waals surface area contributed by atoms with E-state index in [-0.39, 0.29) is 12.0 Å². The van der Waals surface area contributed by atoms with Gasteiger partial charge in [0.25, 0.3) is 0 Å². The van der Waals surface area contributed by atoms with E-state index in [4.69, 9.17) is 14.3 Å². The van der Waals surface area contributed by atoms with Gasteiger partial charge in [-0.3, -0.25) is 4.79 Å². The van der Waals surface area contributed by atoms with Crippen LogP contribution in [0, 0.1) is 13.8 Å². The minimum Gasteiger partial charge on any atom is -0.493 e. The third kappa shape index (κ3) is 3.62. The average molecular weight is 331 g/mol. The molecule has 2 aromatic rings. The normalized spacial score (nSPS) is 10.9. The summed E-state index contributed by atoms with van der Waals surface area (Å²) < 4.78 is 11.7. The highest BCUT2D eigenvalue weighted by Crippen LogP contribution is 2.29. The molecule has 0 spiro atoms. The number of benzene rings is 1. The lowest BCUT2D eigenvalue weighted by atomic mass is 10.0. The van der Waals surface area contributed by atoms with Gasteiger partial charge in [0.1, 0.15) is 5.76 Å². The Morgan fingerprint density at radius 3 is 2.62 bits per heavy atom. The first-order valence-corrected chi connectivity index (χ1v) is 8.05. The molecule has 0 bridgehead atoms. The Labute approximate surface area is 142 Å². The van der Waals surface area contributed by atoms with E-state index < -0.39 is 0 Å². The number of hydrogen-bond donors (Lipinski definition) is 1. The van der Waals surface area contributed by atoms with Crippen molar-refractivity contribution in [2.45, 2.75) is 26.7 Å². The number of aliphatic hydroxyl groups is 1. The van der Waals surface area contributed by atoms with Crippen LogP contribution in [0.1, 0.15) is 29.5 Å². The lowest BCUT2D eigenvalue weighted by Gasteiger charge is -2.17. The zero-order valence-corrected chi connectivity index (χ0v) is 14.8. The molecule has 1 aromatic carbocycles. The van der Waals surface area contributed by atoms with Crippen LogP contribution in [0.4, 0.5) is 5.88 Å². The summed E-state index contributed by atoms with van der Waals surface area (Å²) in [7, 11) is 3.68. The molecular formula is C19H25NO4. The third-order valence-corrected chi connectivity index (χ3v) is 3.87. The number of rotatable bonds is 7. The maximum atomic E-state index is 12.7. The second-order valence-electron chi connectivity index (χ2n) is 6.15. The van der Waals surface area contributed by atoms with E-state index in [1.165, 1.54) is 0 Å². The summed E-state index contributed by atoms with van der Waals surface area (Å²) in [5.74, 6) is 1.00. The average Bonchev–Trinajstić information content (AvgIpc) is 2.54. The topological polar surface area (TPSA) is 62.9 Å². The predicted molar refractivity (Wildman–Crippen MR) is 97.6 cm³/mol. The van der Waals surface area contributed by atoms with Crippen molar-refractivity contribution in [3.05, 3.63) is 45.6 Å². The molecule has 0 aliphatic carbocycles. The van der Waals surface area contributed by atoms with Crippen LogP contribution in [0.5, 0.6) is 0 Å². The molecule has 5 heteroatoms. The van der Waals surface area contributed by atoms with Gasteiger partial charge < -0.3 is 19.2 Å². The van der Waals surface area contributed by atoms with E-state index in [0.717, 1.165) is 12.0 Å². The molecule has 130 valence electrons. The second kappa shape index (κ2) is 7.53. The molecule has 1 aromatic heterocycles. The van der Waals surface area contributed by atoms with Crippen LogP contribution in [0.25, 0.3) is 16.7 Å². The van der Waals surface area contributed by atoms with Gasteiger partial charge in [-0.05, 0) is 44.4 Å². The van der Waals surface area contributed by atoms with Crippen molar-refractivity contribution in [2.24, 2.45) is 0 Å². The fourth-order valence-corrected chi connectivity index (χ4v) is 2.64. The minimum absolute atomic E-state index is 0.0435. The summed E-state index contributed by atoms with van der Waals surface area (Å²) in [6.07, 6.45) is 1.42. The van der Waals surface area contributed by atoms with Crippen molar-refractivity contribution < 1.29 is 14.3 Å². The third-order valence-electron chi connectivity index (χ3n) is 3.87. The molecule has 0 unspecified atom stereocenters. The van der Waals surface area contributed by atoms with E-state index in [9.17, 15) is 4.79 Å². The molecule has 0 saturated heterocycles. The molecule has 0 saturated carbocycles. The lowest BCUT2D eigenvalue weighted by molar-refractivity contribution is 0.235. The SMILES string of the molecule is C=C(OCCCCO)c1cc(C)cc2c(=O)c(C)c(N(C)C)oc12. The lowest BCUT2D eigenvalue weighted by Crippen LogP contribution is -2.17. The van der Waals surface area contributed by atoms with Crippen molar-refractivity contribution in [3.8, 4) is 0 Å². The predicted octanol–water partition coefficient (Wildman–Crippen LogP) is 3.24. The first-order valence-electron chi connectivity index (χ1n) is 8.05. The number of fused-ring (bicyclic) bond motifs is 1. The monoisotopic (exact) mass is 331 g/mol. The van der Waals surface area contributed by atoms with E-state index >= 15 is 0 Å². The maximum Gasteiger partial charge on any atom is 0.202 e. The molecule has 2 rings (SSSR count). The number of unbranched alkanes of at least 4 members (excludes halogenated alkanes) is 1. The Kier molecular flexibility index (Phi) is 5.67. The first kappa shape index (κ1) is 18.1. The summed E-state index contributed by atoms with van der Waals surface area (Å²) in [5.41, 5.74) is 2.67.